The molecule has 96 valence electrons. The van der Waals surface area contributed by atoms with Crippen molar-refractivity contribution >= 4 is 6.29 Å². The fourth-order valence-electron chi connectivity index (χ4n) is 2.69. The van der Waals surface area contributed by atoms with Crippen molar-refractivity contribution in [1.29, 1.82) is 0 Å². The van der Waals surface area contributed by atoms with Crippen molar-refractivity contribution in [2.75, 3.05) is 13.2 Å². The topological polar surface area (TPSA) is 35.5 Å². The van der Waals surface area contributed by atoms with Gasteiger partial charge in [-0.15, -0.1) is 0 Å². The minimum absolute atomic E-state index is 0.00674. The summed E-state index contributed by atoms with van der Waals surface area (Å²) < 4.78 is 11.4. The number of carbonyl (C=O) groups excluding carboxylic acids is 1. The number of hydrogen-bond donors (Lipinski definition) is 0. The molecule has 0 N–H and O–H groups in total. The van der Waals surface area contributed by atoms with Crippen LogP contribution in [-0.4, -0.2) is 25.6 Å². The molecule has 1 heterocycles. The Labute approximate surface area is 103 Å². The van der Waals surface area contributed by atoms with Gasteiger partial charge in [0.2, 0.25) is 0 Å². The first kappa shape index (κ1) is 12.6. The van der Waals surface area contributed by atoms with Gasteiger partial charge < -0.3 is 9.47 Å². The Kier molecular flexibility index (Phi) is 3.87. The number of aldehydes is 1. The molecule has 0 bridgehead atoms. The summed E-state index contributed by atoms with van der Waals surface area (Å²) in [6, 6.07) is 0. The maximum absolute atomic E-state index is 11.1. The van der Waals surface area contributed by atoms with Crippen molar-refractivity contribution in [1.82, 2.24) is 0 Å². The van der Waals surface area contributed by atoms with Crippen LogP contribution in [0, 0.1) is 5.41 Å². The van der Waals surface area contributed by atoms with Crippen LogP contribution in [0.4, 0.5) is 0 Å². The molecule has 3 nitrogen and oxygen atoms in total. The molecule has 1 saturated heterocycles. The van der Waals surface area contributed by atoms with E-state index < -0.39 is 0 Å². The van der Waals surface area contributed by atoms with Gasteiger partial charge in [-0.05, 0) is 19.3 Å². The predicted molar refractivity (Wildman–Crippen MR) is 65.6 cm³/mol. The van der Waals surface area contributed by atoms with E-state index in [1.54, 1.807) is 0 Å². The fraction of sp³-hybridized carbons (Fsp3) is 0.786. The van der Waals surface area contributed by atoms with Crippen LogP contribution in [0.2, 0.25) is 0 Å². The Balaban J connectivity index is 2.13. The number of allylic oxidation sites excluding steroid dienone is 2. The summed E-state index contributed by atoms with van der Waals surface area (Å²) in [5, 5.41) is 0. The van der Waals surface area contributed by atoms with E-state index in [1.165, 1.54) is 0 Å². The van der Waals surface area contributed by atoms with Crippen LogP contribution in [0.15, 0.2) is 11.3 Å². The first-order chi connectivity index (χ1) is 8.13. The highest BCUT2D eigenvalue weighted by Crippen LogP contribution is 2.41. The molecule has 0 aromatic heterocycles. The lowest BCUT2D eigenvalue weighted by Crippen LogP contribution is -2.30. The normalized spacial score (nSPS) is 25.8. The monoisotopic (exact) mass is 238 g/mol. The summed E-state index contributed by atoms with van der Waals surface area (Å²) in [5.41, 5.74) is 0.875. The van der Waals surface area contributed by atoms with Crippen molar-refractivity contribution in [3.63, 3.8) is 0 Å². The molecule has 1 aliphatic carbocycles. The van der Waals surface area contributed by atoms with Crippen molar-refractivity contribution in [2.45, 2.75) is 52.1 Å². The molecule has 2 rings (SSSR count). The summed E-state index contributed by atoms with van der Waals surface area (Å²) in [6.45, 7) is 5.89. The van der Waals surface area contributed by atoms with Crippen molar-refractivity contribution in [3.8, 4) is 0 Å². The lowest BCUT2D eigenvalue weighted by molar-refractivity contribution is -0.105. The zero-order valence-corrected chi connectivity index (χ0v) is 10.8. The largest absolute Gasteiger partial charge is 0.494 e. The summed E-state index contributed by atoms with van der Waals surface area (Å²) in [6.07, 6.45) is 6.13. The van der Waals surface area contributed by atoms with Crippen LogP contribution < -0.4 is 0 Å². The van der Waals surface area contributed by atoms with Crippen molar-refractivity contribution in [2.24, 2.45) is 5.41 Å². The second-order valence-corrected chi connectivity index (χ2v) is 5.64. The summed E-state index contributed by atoms with van der Waals surface area (Å²) in [5.74, 6) is 0.936. The summed E-state index contributed by atoms with van der Waals surface area (Å²) in [7, 11) is 0. The Morgan fingerprint density at radius 2 is 2.06 bits per heavy atom. The van der Waals surface area contributed by atoms with Gasteiger partial charge in [-0.1, -0.05) is 13.8 Å². The minimum Gasteiger partial charge on any atom is -0.494 e. The minimum atomic E-state index is 0.00674. The van der Waals surface area contributed by atoms with Gasteiger partial charge in [-0.3, -0.25) is 4.79 Å². The Morgan fingerprint density at radius 3 is 2.71 bits per heavy atom. The van der Waals surface area contributed by atoms with E-state index in [0.717, 1.165) is 62.9 Å². The van der Waals surface area contributed by atoms with Gasteiger partial charge in [0.15, 0.2) is 0 Å². The van der Waals surface area contributed by atoms with Crippen LogP contribution >= 0.6 is 0 Å². The van der Waals surface area contributed by atoms with Gasteiger partial charge in [0.05, 0.1) is 13.2 Å². The van der Waals surface area contributed by atoms with E-state index in [-0.39, 0.29) is 11.5 Å². The third-order valence-electron chi connectivity index (χ3n) is 3.75. The van der Waals surface area contributed by atoms with Crippen LogP contribution in [0.5, 0.6) is 0 Å². The number of ether oxygens (including phenoxy) is 2. The molecule has 0 unspecified atom stereocenters. The fourth-order valence-corrected chi connectivity index (χ4v) is 2.69. The molecule has 3 heteroatoms. The molecule has 17 heavy (non-hydrogen) atoms. The molecule has 1 fully saturated rings. The van der Waals surface area contributed by atoms with E-state index in [2.05, 4.69) is 13.8 Å². The molecule has 0 saturated carbocycles. The maximum Gasteiger partial charge on any atom is 0.149 e. The second kappa shape index (κ2) is 5.21. The summed E-state index contributed by atoms with van der Waals surface area (Å²) in [4.78, 5) is 11.1. The van der Waals surface area contributed by atoms with Crippen molar-refractivity contribution < 1.29 is 14.3 Å². The van der Waals surface area contributed by atoms with E-state index in [0.29, 0.717) is 0 Å². The highest BCUT2D eigenvalue weighted by molar-refractivity contribution is 5.74. The smallest absolute Gasteiger partial charge is 0.149 e. The lowest BCUT2D eigenvalue weighted by atomic mass is 9.77. The lowest BCUT2D eigenvalue weighted by Gasteiger charge is -2.36. The highest BCUT2D eigenvalue weighted by Gasteiger charge is 2.33. The quantitative estimate of drug-likeness (QED) is 0.709. The summed E-state index contributed by atoms with van der Waals surface area (Å²) >= 11 is 0. The maximum atomic E-state index is 11.1. The molecule has 0 atom stereocenters. The first-order valence-corrected chi connectivity index (χ1v) is 6.57. The average Bonchev–Trinajstić information content (AvgIpc) is 2.33. The Morgan fingerprint density at radius 1 is 1.35 bits per heavy atom. The van der Waals surface area contributed by atoms with E-state index in [4.69, 9.17) is 9.47 Å². The zero-order chi connectivity index (χ0) is 12.3. The number of hydrogen-bond acceptors (Lipinski definition) is 3. The van der Waals surface area contributed by atoms with Gasteiger partial charge in [-0.2, -0.15) is 0 Å². The highest BCUT2D eigenvalue weighted by atomic mass is 16.5. The molecule has 1 aliphatic heterocycles. The predicted octanol–water partition coefficient (Wildman–Crippen LogP) is 2.85. The molecular formula is C14H22O3. The zero-order valence-electron chi connectivity index (χ0n) is 10.8. The van der Waals surface area contributed by atoms with Crippen LogP contribution in [0.3, 0.4) is 0 Å². The van der Waals surface area contributed by atoms with E-state index in [9.17, 15) is 4.79 Å². The van der Waals surface area contributed by atoms with E-state index in [1.807, 2.05) is 0 Å². The van der Waals surface area contributed by atoms with Gasteiger partial charge in [0.1, 0.15) is 18.1 Å². The van der Waals surface area contributed by atoms with Gasteiger partial charge >= 0.3 is 0 Å². The molecule has 0 radical (unpaired) electrons. The first-order valence-electron chi connectivity index (χ1n) is 6.57. The van der Waals surface area contributed by atoms with Crippen LogP contribution in [-0.2, 0) is 14.3 Å². The third kappa shape index (κ3) is 2.89. The molecule has 0 amide bonds. The van der Waals surface area contributed by atoms with Gasteiger partial charge in [-0.25, -0.2) is 0 Å². The molecule has 0 spiro atoms. The third-order valence-corrected chi connectivity index (χ3v) is 3.75. The average molecular weight is 238 g/mol. The second-order valence-electron chi connectivity index (χ2n) is 5.64. The Hall–Kier alpha value is -0.830. The van der Waals surface area contributed by atoms with Crippen LogP contribution in [0.25, 0.3) is 0 Å². The van der Waals surface area contributed by atoms with Crippen LogP contribution in [0.1, 0.15) is 46.0 Å². The standard InChI is InChI=1S/C14H22O3/c1-14(2)7-3-4-11(10-15)13(14)17-12-5-8-16-9-6-12/h10,12H,3-9H2,1-2H3. The number of rotatable bonds is 3. The molecule has 0 aromatic rings. The molecule has 0 aromatic carbocycles. The molecule has 2 aliphatic rings. The SMILES string of the molecule is CC1(C)CCCC(C=O)=C1OC1CCOCC1. The Bertz CT molecular complexity index is 311. The van der Waals surface area contributed by atoms with E-state index >= 15 is 0 Å². The van der Waals surface area contributed by atoms with Gasteiger partial charge in [0, 0.05) is 23.8 Å². The molecular weight excluding hydrogens is 216 g/mol. The van der Waals surface area contributed by atoms with Crippen molar-refractivity contribution in [3.05, 3.63) is 11.3 Å². The number of carbonyl (C=O) groups is 1. The van der Waals surface area contributed by atoms with Gasteiger partial charge in [0.25, 0.3) is 0 Å².